The highest BCUT2D eigenvalue weighted by molar-refractivity contribution is 5.13. The molecule has 0 nitrogen and oxygen atoms in total. The van der Waals surface area contributed by atoms with Crippen molar-refractivity contribution < 1.29 is 0 Å². The summed E-state index contributed by atoms with van der Waals surface area (Å²) in [7, 11) is 0. The molecule has 0 aliphatic carbocycles. The van der Waals surface area contributed by atoms with Gasteiger partial charge in [-0.05, 0) is 12.0 Å². The van der Waals surface area contributed by atoms with Crippen LogP contribution >= 0.6 is 0 Å². The van der Waals surface area contributed by atoms with Crippen molar-refractivity contribution >= 4 is 0 Å². The van der Waals surface area contributed by atoms with E-state index in [1.165, 1.54) is 5.56 Å². The fourth-order valence-electron chi connectivity index (χ4n) is 0.714. The first kappa shape index (κ1) is 23.8. The first-order valence-electron chi connectivity index (χ1n) is 5.97. The van der Waals surface area contributed by atoms with Crippen molar-refractivity contribution in [2.24, 2.45) is 0 Å². The van der Waals surface area contributed by atoms with Crippen molar-refractivity contribution in [1.82, 2.24) is 0 Å². The molecule has 0 unspecified atom stereocenters. The molecule has 92 valence electrons. The number of hydrogen-bond donors (Lipinski definition) is 0. The molecular weight excluding hydrogens is 180 g/mol. The average molecular weight is 212 g/mol. The Morgan fingerprint density at radius 1 is 0.733 bits per heavy atom. The Hall–Kier alpha value is -0.780. The summed E-state index contributed by atoms with van der Waals surface area (Å²) >= 11 is 0. The van der Waals surface area contributed by atoms with Gasteiger partial charge in [0.1, 0.15) is 0 Å². The quantitative estimate of drug-likeness (QED) is 0.538. The molecule has 0 radical (unpaired) electrons. The Bertz CT molecular complexity index is 141. The van der Waals surface area contributed by atoms with Crippen molar-refractivity contribution in [1.29, 1.82) is 0 Å². The van der Waals surface area contributed by atoms with E-state index in [-0.39, 0.29) is 7.43 Å². The monoisotopic (exact) mass is 212 g/mol. The molecule has 1 aromatic rings. The zero-order valence-electron chi connectivity index (χ0n) is 11.1. The average Bonchev–Trinajstić information content (AvgIpc) is 2.37. The van der Waals surface area contributed by atoms with Gasteiger partial charge in [-0.15, -0.1) is 0 Å². The van der Waals surface area contributed by atoms with E-state index in [1.807, 2.05) is 47.6 Å². The molecule has 0 spiro atoms. The summed E-state index contributed by atoms with van der Waals surface area (Å²) in [4.78, 5) is 0. The number of benzene rings is 1. The molecule has 1 aromatic carbocycles. The van der Waals surface area contributed by atoms with E-state index < -0.39 is 0 Å². The largest absolute Gasteiger partial charge is 0.0776 e. The first-order valence-corrected chi connectivity index (χ1v) is 5.97. The molecule has 0 N–H and O–H groups in total. The molecular formula is C15H32. The van der Waals surface area contributed by atoms with Crippen molar-refractivity contribution in [2.45, 2.75) is 62.3 Å². The third-order valence-corrected chi connectivity index (χ3v) is 1.25. The standard InChI is InChI=1S/C8H10.3C2H6.CH4/c1-2-8-6-4-3-5-7-8;3*1-2;/h3-7H,2H2,1H3;3*1-2H3;1H4. The molecule has 0 aliphatic rings. The van der Waals surface area contributed by atoms with Gasteiger partial charge >= 0.3 is 0 Å². The fraction of sp³-hybridized carbons (Fsp3) is 0.600. The van der Waals surface area contributed by atoms with Crippen LogP contribution in [0.1, 0.15) is 61.5 Å². The Morgan fingerprint density at radius 3 is 1.27 bits per heavy atom. The second kappa shape index (κ2) is 29.2. The number of aryl methyl sites for hydroxylation is 1. The third-order valence-electron chi connectivity index (χ3n) is 1.25. The molecule has 0 heteroatoms. The van der Waals surface area contributed by atoms with E-state index in [9.17, 15) is 0 Å². The maximum absolute atomic E-state index is 2.16. The molecule has 0 bridgehead atoms. The van der Waals surface area contributed by atoms with E-state index in [2.05, 4.69) is 31.2 Å². The van der Waals surface area contributed by atoms with E-state index in [0.29, 0.717) is 0 Å². The minimum Gasteiger partial charge on any atom is -0.0776 e. The molecule has 0 amide bonds. The van der Waals surface area contributed by atoms with Crippen LogP contribution in [-0.2, 0) is 6.42 Å². The highest BCUT2D eigenvalue weighted by Gasteiger charge is 1.79. The van der Waals surface area contributed by atoms with E-state index in [0.717, 1.165) is 6.42 Å². The molecule has 0 saturated carbocycles. The number of hydrogen-bond acceptors (Lipinski definition) is 0. The molecule has 0 aliphatic heterocycles. The minimum atomic E-state index is 0. The Morgan fingerprint density at radius 2 is 1.07 bits per heavy atom. The molecule has 1 rings (SSSR count). The normalized spacial score (nSPS) is 6.07. The van der Waals surface area contributed by atoms with Gasteiger partial charge in [-0.1, -0.05) is 86.2 Å². The lowest BCUT2D eigenvalue weighted by Gasteiger charge is -1.89. The van der Waals surface area contributed by atoms with Gasteiger partial charge in [-0.25, -0.2) is 0 Å². The summed E-state index contributed by atoms with van der Waals surface area (Å²) in [5.41, 5.74) is 1.41. The van der Waals surface area contributed by atoms with Crippen LogP contribution in [0.2, 0.25) is 0 Å². The van der Waals surface area contributed by atoms with Crippen LogP contribution in [0.25, 0.3) is 0 Å². The summed E-state index contributed by atoms with van der Waals surface area (Å²) in [6, 6.07) is 10.5. The smallest absolute Gasteiger partial charge is 0.0307 e. The topological polar surface area (TPSA) is 0 Å². The zero-order chi connectivity index (χ0) is 11.8. The van der Waals surface area contributed by atoms with Crippen LogP contribution in [0.3, 0.4) is 0 Å². The Labute approximate surface area is 98.7 Å². The highest BCUT2D eigenvalue weighted by atomic mass is 13.9. The lowest BCUT2D eigenvalue weighted by molar-refractivity contribution is 1.14. The van der Waals surface area contributed by atoms with Gasteiger partial charge in [0.05, 0.1) is 0 Å². The van der Waals surface area contributed by atoms with Gasteiger partial charge in [-0.2, -0.15) is 0 Å². The summed E-state index contributed by atoms with van der Waals surface area (Å²) in [6.07, 6.45) is 1.14. The van der Waals surface area contributed by atoms with Crippen LogP contribution in [0.15, 0.2) is 30.3 Å². The van der Waals surface area contributed by atoms with Crippen LogP contribution in [0, 0.1) is 0 Å². The summed E-state index contributed by atoms with van der Waals surface area (Å²) in [5, 5.41) is 0. The van der Waals surface area contributed by atoms with Gasteiger partial charge < -0.3 is 0 Å². The maximum atomic E-state index is 2.16. The SMILES string of the molecule is C.CC.CC.CC.CCc1ccccc1. The van der Waals surface area contributed by atoms with E-state index in [1.54, 1.807) is 0 Å². The third kappa shape index (κ3) is 19.6. The van der Waals surface area contributed by atoms with Crippen molar-refractivity contribution in [3.05, 3.63) is 35.9 Å². The molecule has 0 saturated heterocycles. The van der Waals surface area contributed by atoms with Crippen molar-refractivity contribution in [2.75, 3.05) is 0 Å². The second-order valence-electron chi connectivity index (χ2n) is 1.84. The van der Waals surface area contributed by atoms with Gasteiger partial charge in [0, 0.05) is 0 Å². The zero-order valence-corrected chi connectivity index (χ0v) is 11.1. The predicted molar refractivity (Wildman–Crippen MR) is 76.6 cm³/mol. The molecule has 0 aromatic heterocycles. The van der Waals surface area contributed by atoms with E-state index >= 15 is 0 Å². The predicted octanol–water partition coefficient (Wildman–Crippen LogP) is 5.96. The maximum Gasteiger partial charge on any atom is -0.0307 e. The Balaban J connectivity index is -0.0000000755. The first-order chi connectivity index (χ1) is 6.93. The minimum absolute atomic E-state index is 0. The van der Waals surface area contributed by atoms with Gasteiger partial charge in [0.2, 0.25) is 0 Å². The molecule has 0 atom stereocenters. The molecule has 15 heavy (non-hydrogen) atoms. The van der Waals surface area contributed by atoms with Crippen LogP contribution in [0.5, 0.6) is 0 Å². The van der Waals surface area contributed by atoms with Crippen molar-refractivity contribution in [3.63, 3.8) is 0 Å². The Kier molecular flexibility index (Phi) is 46.3. The molecule has 0 heterocycles. The lowest BCUT2D eigenvalue weighted by atomic mass is 10.2. The summed E-state index contributed by atoms with van der Waals surface area (Å²) < 4.78 is 0. The van der Waals surface area contributed by atoms with Crippen LogP contribution in [-0.4, -0.2) is 0 Å². The summed E-state index contributed by atoms with van der Waals surface area (Å²) in [5.74, 6) is 0. The molecule has 0 fully saturated rings. The van der Waals surface area contributed by atoms with Crippen molar-refractivity contribution in [3.8, 4) is 0 Å². The van der Waals surface area contributed by atoms with Gasteiger partial charge in [-0.3, -0.25) is 0 Å². The van der Waals surface area contributed by atoms with Crippen LogP contribution in [0.4, 0.5) is 0 Å². The number of rotatable bonds is 1. The fourth-order valence-corrected chi connectivity index (χ4v) is 0.714. The second-order valence-corrected chi connectivity index (χ2v) is 1.84. The van der Waals surface area contributed by atoms with Gasteiger partial charge in [0.25, 0.3) is 0 Å². The van der Waals surface area contributed by atoms with E-state index in [4.69, 9.17) is 0 Å². The lowest BCUT2D eigenvalue weighted by Crippen LogP contribution is -1.73. The van der Waals surface area contributed by atoms with Gasteiger partial charge in [0.15, 0.2) is 0 Å². The summed E-state index contributed by atoms with van der Waals surface area (Å²) in [6.45, 7) is 14.2. The van der Waals surface area contributed by atoms with Crippen LogP contribution < -0.4 is 0 Å². The highest BCUT2D eigenvalue weighted by Crippen LogP contribution is 1.96.